The zero-order valence-electron chi connectivity index (χ0n) is 19.2. The van der Waals surface area contributed by atoms with E-state index in [4.69, 9.17) is 4.74 Å². The number of aryl methyl sites for hydroxylation is 1. The highest BCUT2D eigenvalue weighted by Crippen LogP contribution is 2.28. The van der Waals surface area contributed by atoms with Crippen LogP contribution in [0.25, 0.3) is 0 Å². The van der Waals surface area contributed by atoms with Crippen LogP contribution in [0.5, 0.6) is 5.75 Å². The Morgan fingerprint density at radius 2 is 1.72 bits per heavy atom. The number of carbonyl (C=O) groups is 1. The first-order valence-corrected chi connectivity index (χ1v) is 14.1. The van der Waals surface area contributed by atoms with Gasteiger partial charge in [0.05, 0.1) is 5.75 Å². The Morgan fingerprint density at radius 3 is 2.56 bits per heavy atom. The molecule has 1 unspecified atom stereocenters. The summed E-state index contributed by atoms with van der Waals surface area (Å²) in [5, 5.41) is 0. The van der Waals surface area contributed by atoms with Crippen LogP contribution in [0, 0.1) is 5.92 Å². The average molecular weight is 463 g/mol. The maximum Gasteiger partial charge on any atom is 0.222 e. The number of piperidine rings is 1. The summed E-state index contributed by atoms with van der Waals surface area (Å²) in [7, 11) is -3.36. The third-order valence-corrected chi connectivity index (χ3v) is 9.38. The number of sulfonamides is 1. The molecule has 2 heterocycles. The highest BCUT2D eigenvalue weighted by Gasteiger charge is 2.30. The second-order valence-corrected chi connectivity index (χ2v) is 11.7. The SMILES string of the molecule is O=C1CCCN(S(=O)(=O)CC2CCCC2)CCOc2cccc(c2)CCC2CCCCN12. The second kappa shape index (κ2) is 11.0. The van der Waals surface area contributed by atoms with Crippen LogP contribution < -0.4 is 4.74 Å². The lowest BCUT2D eigenvalue weighted by molar-refractivity contribution is -0.135. The van der Waals surface area contributed by atoms with Crippen molar-refractivity contribution >= 4 is 15.9 Å². The molecule has 1 saturated heterocycles. The van der Waals surface area contributed by atoms with Crippen LogP contribution in [-0.2, 0) is 21.2 Å². The number of benzene rings is 1. The van der Waals surface area contributed by atoms with E-state index in [1.54, 1.807) is 4.31 Å². The van der Waals surface area contributed by atoms with Crippen LogP contribution in [0.15, 0.2) is 24.3 Å². The molecule has 7 heteroatoms. The Balaban J connectivity index is 1.50. The van der Waals surface area contributed by atoms with Gasteiger partial charge in [0.15, 0.2) is 0 Å². The number of rotatable bonds is 3. The van der Waals surface area contributed by atoms with Crippen LogP contribution in [0.4, 0.5) is 0 Å². The van der Waals surface area contributed by atoms with E-state index in [1.165, 1.54) is 12.0 Å². The van der Waals surface area contributed by atoms with E-state index in [0.29, 0.717) is 32.5 Å². The molecule has 2 aliphatic heterocycles. The smallest absolute Gasteiger partial charge is 0.222 e. The molecule has 6 nitrogen and oxygen atoms in total. The first kappa shape index (κ1) is 23.6. The molecule has 1 aromatic carbocycles. The standard InChI is InChI=1S/C25H38N2O4S/c28-25-12-6-15-26(32(29,30)20-22-7-1-2-8-22)17-18-31-24-11-5-9-21(19-24)13-14-23-10-3-4-16-27(23)25/h5,9,11,19,22-23H,1-4,6-8,10,12-18,20H2. The van der Waals surface area contributed by atoms with Crippen molar-refractivity contribution in [3.63, 3.8) is 0 Å². The number of nitrogens with zero attached hydrogens (tertiary/aromatic N) is 2. The molecule has 178 valence electrons. The van der Waals surface area contributed by atoms with Gasteiger partial charge in [-0.25, -0.2) is 8.42 Å². The first-order valence-electron chi connectivity index (χ1n) is 12.5. The van der Waals surface area contributed by atoms with E-state index in [1.807, 2.05) is 12.1 Å². The van der Waals surface area contributed by atoms with Crippen molar-refractivity contribution in [1.29, 1.82) is 0 Å². The van der Waals surface area contributed by atoms with Gasteiger partial charge in [-0.2, -0.15) is 4.31 Å². The van der Waals surface area contributed by atoms with E-state index >= 15 is 0 Å². The van der Waals surface area contributed by atoms with Crippen molar-refractivity contribution in [2.45, 2.75) is 76.7 Å². The summed E-state index contributed by atoms with van der Waals surface area (Å²) in [6.07, 6.45) is 10.4. The van der Waals surface area contributed by atoms with Crippen molar-refractivity contribution < 1.29 is 17.9 Å². The lowest BCUT2D eigenvalue weighted by Gasteiger charge is -2.36. The number of carbonyl (C=O) groups excluding carboxylic acids is 1. The minimum absolute atomic E-state index is 0.183. The molecule has 0 radical (unpaired) electrons. The zero-order valence-corrected chi connectivity index (χ0v) is 20.0. The predicted molar refractivity (Wildman–Crippen MR) is 126 cm³/mol. The van der Waals surface area contributed by atoms with Crippen molar-refractivity contribution in [2.24, 2.45) is 5.92 Å². The molecule has 1 saturated carbocycles. The molecule has 2 bridgehead atoms. The molecule has 2 fully saturated rings. The molecule has 1 aliphatic carbocycles. The zero-order chi connectivity index (χ0) is 22.4. The number of fused-ring (bicyclic) bond motifs is 3. The monoisotopic (exact) mass is 462 g/mol. The van der Waals surface area contributed by atoms with Crippen LogP contribution in [0.2, 0.25) is 0 Å². The molecule has 1 atom stereocenters. The molecule has 4 rings (SSSR count). The summed E-state index contributed by atoms with van der Waals surface area (Å²) in [5.41, 5.74) is 1.21. The van der Waals surface area contributed by atoms with E-state index in [2.05, 4.69) is 17.0 Å². The first-order chi connectivity index (χ1) is 15.5. The summed E-state index contributed by atoms with van der Waals surface area (Å²) < 4.78 is 33.9. The summed E-state index contributed by atoms with van der Waals surface area (Å²) in [6.45, 7) is 1.88. The number of hydrogen-bond acceptors (Lipinski definition) is 4. The van der Waals surface area contributed by atoms with Gasteiger partial charge >= 0.3 is 0 Å². The Bertz CT molecular complexity index is 866. The summed E-state index contributed by atoms with van der Waals surface area (Å²) >= 11 is 0. The highest BCUT2D eigenvalue weighted by atomic mass is 32.2. The maximum atomic E-state index is 13.2. The van der Waals surface area contributed by atoms with Gasteiger partial charge < -0.3 is 9.64 Å². The summed E-state index contributed by atoms with van der Waals surface area (Å²) in [6, 6.07) is 8.40. The van der Waals surface area contributed by atoms with Gasteiger partial charge in [-0.1, -0.05) is 25.0 Å². The Kier molecular flexibility index (Phi) is 8.11. The lowest BCUT2D eigenvalue weighted by atomic mass is 9.95. The molecule has 0 N–H and O–H groups in total. The fourth-order valence-electron chi connectivity index (χ4n) is 5.54. The van der Waals surface area contributed by atoms with E-state index in [-0.39, 0.29) is 23.6 Å². The Labute approximate surface area is 193 Å². The van der Waals surface area contributed by atoms with Crippen LogP contribution >= 0.6 is 0 Å². The topological polar surface area (TPSA) is 66.9 Å². The van der Waals surface area contributed by atoms with Crippen molar-refractivity contribution in [3.05, 3.63) is 29.8 Å². The fourth-order valence-corrected chi connectivity index (χ4v) is 7.44. The van der Waals surface area contributed by atoms with Gasteiger partial charge in [0, 0.05) is 32.1 Å². The third kappa shape index (κ3) is 6.25. The number of hydrogen-bond donors (Lipinski definition) is 0. The van der Waals surface area contributed by atoms with Crippen molar-refractivity contribution in [2.75, 3.05) is 32.0 Å². The second-order valence-electron chi connectivity index (χ2n) is 9.70. The lowest BCUT2D eigenvalue weighted by Crippen LogP contribution is -2.44. The van der Waals surface area contributed by atoms with Gasteiger partial charge in [-0.15, -0.1) is 0 Å². The fraction of sp³-hybridized carbons (Fsp3) is 0.720. The maximum absolute atomic E-state index is 13.2. The van der Waals surface area contributed by atoms with Gasteiger partial charge in [-0.3, -0.25) is 4.79 Å². The molecule has 1 aromatic rings. The summed E-state index contributed by atoms with van der Waals surface area (Å²) in [5.74, 6) is 1.47. The molecule has 32 heavy (non-hydrogen) atoms. The number of amides is 1. The van der Waals surface area contributed by atoms with Crippen molar-refractivity contribution in [1.82, 2.24) is 9.21 Å². The van der Waals surface area contributed by atoms with Crippen LogP contribution in [-0.4, -0.2) is 61.6 Å². The normalized spacial score (nSPS) is 24.9. The van der Waals surface area contributed by atoms with Crippen molar-refractivity contribution in [3.8, 4) is 5.75 Å². The Hall–Kier alpha value is -1.60. The molecule has 0 aromatic heterocycles. The third-order valence-electron chi connectivity index (χ3n) is 7.33. The molecule has 1 amide bonds. The van der Waals surface area contributed by atoms with Crippen LogP contribution in [0.1, 0.15) is 69.8 Å². The molecular weight excluding hydrogens is 424 g/mol. The van der Waals surface area contributed by atoms with Gasteiger partial charge in [0.1, 0.15) is 12.4 Å². The highest BCUT2D eigenvalue weighted by molar-refractivity contribution is 7.89. The van der Waals surface area contributed by atoms with Gasteiger partial charge in [0.2, 0.25) is 15.9 Å². The number of ether oxygens (including phenoxy) is 1. The van der Waals surface area contributed by atoms with Gasteiger partial charge in [-0.05, 0) is 75.0 Å². The quantitative estimate of drug-likeness (QED) is 0.681. The molecular formula is C25H38N2O4S. The van der Waals surface area contributed by atoms with E-state index in [0.717, 1.165) is 63.7 Å². The average Bonchev–Trinajstić information content (AvgIpc) is 3.28. The molecule has 3 aliphatic rings. The minimum Gasteiger partial charge on any atom is -0.492 e. The van der Waals surface area contributed by atoms with Crippen LogP contribution in [0.3, 0.4) is 0 Å². The Morgan fingerprint density at radius 1 is 0.906 bits per heavy atom. The summed E-state index contributed by atoms with van der Waals surface area (Å²) in [4.78, 5) is 15.1. The van der Waals surface area contributed by atoms with Gasteiger partial charge in [0.25, 0.3) is 0 Å². The minimum atomic E-state index is -3.36. The predicted octanol–water partition coefficient (Wildman–Crippen LogP) is 3.99. The largest absolute Gasteiger partial charge is 0.492 e. The molecule has 0 spiro atoms. The van der Waals surface area contributed by atoms with E-state index < -0.39 is 10.0 Å². The van der Waals surface area contributed by atoms with E-state index in [9.17, 15) is 13.2 Å².